The van der Waals surface area contributed by atoms with Crippen molar-refractivity contribution in [3.8, 4) is 12.3 Å². The molecule has 0 spiro atoms. The summed E-state index contributed by atoms with van der Waals surface area (Å²) in [6.07, 6.45) is 8.79. The zero-order chi connectivity index (χ0) is 9.23. The van der Waals surface area contributed by atoms with E-state index in [4.69, 9.17) is 16.9 Å². The molecule has 0 aromatic heterocycles. The fraction of sp³-hybridized carbons (Fsp3) is 0.800. The lowest BCUT2D eigenvalue weighted by molar-refractivity contribution is 0.127. The number of hydrogen-bond acceptors (Lipinski definition) is 2. The first kappa shape index (κ1) is 11.5. The summed E-state index contributed by atoms with van der Waals surface area (Å²) in [6, 6.07) is 0.206. The Kier molecular flexibility index (Phi) is 8.20. The van der Waals surface area contributed by atoms with Gasteiger partial charge in [-0.15, -0.1) is 12.3 Å². The van der Waals surface area contributed by atoms with Crippen molar-refractivity contribution in [1.82, 2.24) is 0 Å². The molecule has 0 bridgehead atoms. The van der Waals surface area contributed by atoms with E-state index in [1.54, 1.807) is 0 Å². The number of ether oxygens (including phenoxy) is 1. The lowest BCUT2D eigenvalue weighted by Gasteiger charge is -2.09. The zero-order valence-corrected chi connectivity index (χ0v) is 7.88. The van der Waals surface area contributed by atoms with Crippen molar-refractivity contribution >= 4 is 0 Å². The standard InChI is InChI=1S/C10H19NO/c1-3-5-6-10(11)7-9-12-8-4-2/h1,10H,4-9,11H2,2H3. The molecule has 0 amide bonds. The molecule has 0 saturated carbocycles. The van der Waals surface area contributed by atoms with Crippen LogP contribution in [0.5, 0.6) is 0 Å². The molecule has 0 heterocycles. The Morgan fingerprint density at radius 3 is 2.75 bits per heavy atom. The van der Waals surface area contributed by atoms with Gasteiger partial charge in [-0.2, -0.15) is 0 Å². The van der Waals surface area contributed by atoms with E-state index in [0.29, 0.717) is 0 Å². The van der Waals surface area contributed by atoms with Gasteiger partial charge in [-0.05, 0) is 19.3 Å². The largest absolute Gasteiger partial charge is 0.381 e. The molecule has 2 N–H and O–H groups in total. The van der Waals surface area contributed by atoms with Crippen LogP contribution in [0.15, 0.2) is 0 Å². The van der Waals surface area contributed by atoms with E-state index in [1.807, 2.05) is 0 Å². The van der Waals surface area contributed by atoms with Crippen LogP contribution in [0.4, 0.5) is 0 Å². The van der Waals surface area contributed by atoms with Crippen LogP contribution in [-0.4, -0.2) is 19.3 Å². The predicted octanol–water partition coefficient (Wildman–Crippen LogP) is 1.54. The zero-order valence-electron chi connectivity index (χ0n) is 7.88. The lowest BCUT2D eigenvalue weighted by atomic mass is 10.1. The third-order valence-electron chi connectivity index (χ3n) is 1.64. The molecule has 2 heteroatoms. The average Bonchev–Trinajstić information content (AvgIpc) is 2.09. The molecule has 1 atom stereocenters. The van der Waals surface area contributed by atoms with Crippen LogP contribution < -0.4 is 5.73 Å². The second-order valence-corrected chi connectivity index (χ2v) is 2.90. The highest BCUT2D eigenvalue weighted by atomic mass is 16.5. The third-order valence-corrected chi connectivity index (χ3v) is 1.64. The lowest BCUT2D eigenvalue weighted by Crippen LogP contribution is -2.21. The molecule has 0 aliphatic heterocycles. The normalized spacial score (nSPS) is 12.4. The fourth-order valence-corrected chi connectivity index (χ4v) is 0.894. The van der Waals surface area contributed by atoms with Crippen molar-refractivity contribution in [2.45, 2.75) is 38.6 Å². The maximum atomic E-state index is 5.77. The summed E-state index contributed by atoms with van der Waals surface area (Å²) < 4.78 is 5.30. The maximum absolute atomic E-state index is 5.77. The van der Waals surface area contributed by atoms with Gasteiger partial charge in [0.25, 0.3) is 0 Å². The van der Waals surface area contributed by atoms with E-state index in [1.165, 1.54) is 0 Å². The fourth-order valence-electron chi connectivity index (χ4n) is 0.894. The van der Waals surface area contributed by atoms with Crippen LogP contribution in [-0.2, 0) is 4.74 Å². The number of rotatable bonds is 7. The summed E-state index contributed by atoms with van der Waals surface area (Å²) in [4.78, 5) is 0. The molecule has 0 aliphatic carbocycles. The molecular formula is C10H19NO. The first-order chi connectivity index (χ1) is 5.81. The van der Waals surface area contributed by atoms with Gasteiger partial charge in [0.1, 0.15) is 0 Å². The van der Waals surface area contributed by atoms with Crippen LogP contribution in [0.1, 0.15) is 32.6 Å². The summed E-state index contributed by atoms with van der Waals surface area (Å²) in [5, 5.41) is 0. The molecule has 0 aliphatic rings. The summed E-state index contributed by atoms with van der Waals surface area (Å²) >= 11 is 0. The molecular weight excluding hydrogens is 150 g/mol. The Labute approximate surface area is 75.5 Å². The molecule has 0 fully saturated rings. The van der Waals surface area contributed by atoms with Gasteiger partial charge >= 0.3 is 0 Å². The molecule has 0 aromatic carbocycles. The van der Waals surface area contributed by atoms with Gasteiger partial charge in [-0.1, -0.05) is 6.92 Å². The van der Waals surface area contributed by atoms with E-state index >= 15 is 0 Å². The van der Waals surface area contributed by atoms with Gasteiger partial charge < -0.3 is 10.5 Å². The number of hydrogen-bond donors (Lipinski definition) is 1. The SMILES string of the molecule is C#CCCC(N)CCOCCC. The van der Waals surface area contributed by atoms with Crippen LogP contribution in [0.2, 0.25) is 0 Å². The molecule has 0 radical (unpaired) electrons. The van der Waals surface area contributed by atoms with E-state index in [9.17, 15) is 0 Å². The Morgan fingerprint density at radius 1 is 1.42 bits per heavy atom. The van der Waals surface area contributed by atoms with Crippen molar-refractivity contribution in [2.24, 2.45) is 5.73 Å². The van der Waals surface area contributed by atoms with Crippen molar-refractivity contribution in [2.75, 3.05) is 13.2 Å². The second kappa shape index (κ2) is 8.58. The van der Waals surface area contributed by atoms with Crippen LogP contribution in [0.3, 0.4) is 0 Å². The minimum Gasteiger partial charge on any atom is -0.381 e. The van der Waals surface area contributed by atoms with E-state index in [2.05, 4.69) is 12.8 Å². The molecule has 0 rings (SSSR count). The highest BCUT2D eigenvalue weighted by Gasteiger charge is 2.00. The van der Waals surface area contributed by atoms with Gasteiger partial charge in [-0.3, -0.25) is 0 Å². The highest BCUT2D eigenvalue weighted by molar-refractivity contribution is 4.84. The van der Waals surface area contributed by atoms with Crippen LogP contribution in [0, 0.1) is 12.3 Å². The summed E-state index contributed by atoms with van der Waals surface area (Å²) in [5.41, 5.74) is 5.77. The van der Waals surface area contributed by atoms with E-state index in [0.717, 1.165) is 38.9 Å². The van der Waals surface area contributed by atoms with Crippen molar-refractivity contribution < 1.29 is 4.74 Å². The van der Waals surface area contributed by atoms with Gasteiger partial charge in [0.05, 0.1) is 0 Å². The molecule has 1 unspecified atom stereocenters. The van der Waals surface area contributed by atoms with Crippen LogP contribution in [0.25, 0.3) is 0 Å². The van der Waals surface area contributed by atoms with Crippen LogP contribution >= 0.6 is 0 Å². The van der Waals surface area contributed by atoms with Gasteiger partial charge in [0.15, 0.2) is 0 Å². The molecule has 70 valence electrons. The molecule has 0 saturated heterocycles. The Morgan fingerprint density at radius 2 is 2.17 bits per heavy atom. The summed E-state index contributed by atoms with van der Waals surface area (Å²) in [7, 11) is 0. The first-order valence-electron chi connectivity index (χ1n) is 4.58. The highest BCUT2D eigenvalue weighted by Crippen LogP contribution is 1.98. The maximum Gasteiger partial charge on any atom is 0.0480 e. The van der Waals surface area contributed by atoms with E-state index in [-0.39, 0.29) is 6.04 Å². The van der Waals surface area contributed by atoms with Crippen molar-refractivity contribution in [3.63, 3.8) is 0 Å². The van der Waals surface area contributed by atoms with Crippen molar-refractivity contribution in [1.29, 1.82) is 0 Å². The minimum atomic E-state index is 0.206. The Balaban J connectivity index is 3.09. The van der Waals surface area contributed by atoms with E-state index < -0.39 is 0 Å². The number of terminal acetylenes is 1. The Hall–Kier alpha value is -0.520. The third kappa shape index (κ3) is 7.59. The summed E-state index contributed by atoms with van der Waals surface area (Å²) in [5.74, 6) is 2.58. The topological polar surface area (TPSA) is 35.2 Å². The second-order valence-electron chi connectivity index (χ2n) is 2.90. The monoisotopic (exact) mass is 169 g/mol. The quantitative estimate of drug-likeness (QED) is 0.463. The number of nitrogens with two attached hydrogens (primary N) is 1. The first-order valence-corrected chi connectivity index (χ1v) is 4.58. The minimum absolute atomic E-state index is 0.206. The molecule has 2 nitrogen and oxygen atoms in total. The average molecular weight is 169 g/mol. The van der Waals surface area contributed by atoms with Gasteiger partial charge in [0.2, 0.25) is 0 Å². The van der Waals surface area contributed by atoms with Crippen molar-refractivity contribution in [3.05, 3.63) is 0 Å². The van der Waals surface area contributed by atoms with Gasteiger partial charge in [-0.25, -0.2) is 0 Å². The predicted molar refractivity (Wildman–Crippen MR) is 51.8 cm³/mol. The molecule has 0 aromatic rings. The smallest absolute Gasteiger partial charge is 0.0480 e. The molecule has 12 heavy (non-hydrogen) atoms. The summed E-state index contributed by atoms with van der Waals surface area (Å²) in [6.45, 7) is 3.69. The Bertz CT molecular complexity index is 128. The van der Waals surface area contributed by atoms with Gasteiger partial charge in [0, 0.05) is 25.7 Å².